The second-order valence-electron chi connectivity index (χ2n) is 4.76. The molecule has 0 spiro atoms. The molecule has 0 saturated heterocycles. The molecule has 0 heterocycles. The lowest BCUT2D eigenvalue weighted by molar-refractivity contribution is 0.270. The summed E-state index contributed by atoms with van der Waals surface area (Å²) in [6, 6.07) is 5.80. The van der Waals surface area contributed by atoms with E-state index in [0.717, 1.165) is 25.2 Å². The molecule has 2 N–H and O–H groups in total. The van der Waals surface area contributed by atoms with Crippen molar-refractivity contribution in [1.82, 2.24) is 10.2 Å². The number of phenolic OH excluding ortho intramolecular Hbond substituents is 1. The molecule has 0 bridgehead atoms. The van der Waals surface area contributed by atoms with Crippen molar-refractivity contribution in [3.05, 3.63) is 23.8 Å². The van der Waals surface area contributed by atoms with Gasteiger partial charge in [-0.1, -0.05) is 19.9 Å². The maximum atomic E-state index is 9.88. The normalized spacial score (nSPS) is 12.7. The van der Waals surface area contributed by atoms with Crippen molar-refractivity contribution in [2.24, 2.45) is 0 Å². The molecule has 0 radical (unpaired) electrons. The Morgan fingerprint density at radius 2 is 2.00 bits per heavy atom. The predicted octanol–water partition coefficient (Wildman–Crippen LogP) is 2.22. The standard InChI is InChI=1S/C15H26N2O2/c1-5-17(6-2)11-12(3)16-10-13-7-8-14(19-4)9-15(13)18/h7-9,12,16,18H,5-6,10-11H2,1-4H3. The fourth-order valence-electron chi connectivity index (χ4n) is 2.04. The van der Waals surface area contributed by atoms with Gasteiger partial charge in [-0.15, -0.1) is 0 Å². The lowest BCUT2D eigenvalue weighted by atomic mass is 10.1. The second-order valence-corrected chi connectivity index (χ2v) is 4.76. The minimum absolute atomic E-state index is 0.280. The summed E-state index contributed by atoms with van der Waals surface area (Å²) >= 11 is 0. The molecule has 0 aliphatic carbocycles. The van der Waals surface area contributed by atoms with Gasteiger partial charge < -0.3 is 20.1 Å². The van der Waals surface area contributed by atoms with Crippen LogP contribution in [0.4, 0.5) is 0 Å². The highest BCUT2D eigenvalue weighted by atomic mass is 16.5. The summed E-state index contributed by atoms with van der Waals surface area (Å²) in [6.07, 6.45) is 0. The Morgan fingerprint density at radius 3 is 2.53 bits per heavy atom. The molecule has 0 aliphatic rings. The van der Waals surface area contributed by atoms with Gasteiger partial charge in [-0.3, -0.25) is 0 Å². The van der Waals surface area contributed by atoms with Crippen LogP contribution < -0.4 is 10.1 Å². The number of rotatable bonds is 8. The molecule has 4 heteroatoms. The number of likely N-dealkylation sites (N-methyl/N-ethyl adjacent to an activating group) is 1. The van der Waals surface area contributed by atoms with E-state index < -0.39 is 0 Å². The van der Waals surface area contributed by atoms with E-state index in [0.29, 0.717) is 18.3 Å². The number of phenols is 1. The molecule has 108 valence electrons. The Hall–Kier alpha value is -1.26. The Kier molecular flexibility index (Phi) is 6.67. The van der Waals surface area contributed by atoms with Gasteiger partial charge in [0.05, 0.1) is 7.11 Å². The molecule has 1 aromatic rings. The van der Waals surface area contributed by atoms with Crippen molar-refractivity contribution in [3.63, 3.8) is 0 Å². The summed E-state index contributed by atoms with van der Waals surface area (Å²) in [6.45, 7) is 10.3. The highest BCUT2D eigenvalue weighted by molar-refractivity contribution is 5.39. The highest BCUT2D eigenvalue weighted by Gasteiger charge is 2.08. The zero-order valence-corrected chi connectivity index (χ0v) is 12.4. The van der Waals surface area contributed by atoms with Gasteiger partial charge in [-0.2, -0.15) is 0 Å². The fraction of sp³-hybridized carbons (Fsp3) is 0.600. The van der Waals surface area contributed by atoms with E-state index in [4.69, 9.17) is 4.74 Å². The average Bonchev–Trinajstić information content (AvgIpc) is 2.43. The zero-order valence-electron chi connectivity index (χ0n) is 12.4. The molecule has 0 aliphatic heterocycles. The van der Waals surface area contributed by atoms with Crippen LogP contribution in [0.25, 0.3) is 0 Å². The number of nitrogens with one attached hydrogen (secondary N) is 1. The minimum Gasteiger partial charge on any atom is -0.507 e. The van der Waals surface area contributed by atoms with Crippen LogP contribution >= 0.6 is 0 Å². The SMILES string of the molecule is CCN(CC)CC(C)NCc1ccc(OC)cc1O. The smallest absolute Gasteiger partial charge is 0.123 e. The minimum atomic E-state index is 0.280. The van der Waals surface area contributed by atoms with Crippen molar-refractivity contribution in [1.29, 1.82) is 0 Å². The van der Waals surface area contributed by atoms with Gasteiger partial charge >= 0.3 is 0 Å². The van der Waals surface area contributed by atoms with Crippen molar-refractivity contribution < 1.29 is 9.84 Å². The molecular formula is C15H26N2O2. The summed E-state index contributed by atoms with van der Waals surface area (Å²) in [5.41, 5.74) is 0.896. The molecule has 1 unspecified atom stereocenters. The van der Waals surface area contributed by atoms with Crippen LogP contribution in [0.2, 0.25) is 0 Å². The van der Waals surface area contributed by atoms with Gasteiger partial charge in [0.2, 0.25) is 0 Å². The topological polar surface area (TPSA) is 44.7 Å². The fourth-order valence-corrected chi connectivity index (χ4v) is 2.04. The van der Waals surface area contributed by atoms with Gasteiger partial charge in [0.25, 0.3) is 0 Å². The third-order valence-electron chi connectivity index (χ3n) is 3.36. The molecule has 0 saturated carbocycles. The molecule has 0 amide bonds. The summed E-state index contributed by atoms with van der Waals surface area (Å²) in [5.74, 6) is 0.958. The van der Waals surface area contributed by atoms with E-state index >= 15 is 0 Å². The third kappa shape index (κ3) is 5.09. The van der Waals surface area contributed by atoms with Crippen molar-refractivity contribution in [2.45, 2.75) is 33.4 Å². The summed E-state index contributed by atoms with van der Waals surface area (Å²) in [7, 11) is 1.60. The lowest BCUT2D eigenvalue weighted by Crippen LogP contribution is -2.38. The molecule has 1 atom stereocenters. The second kappa shape index (κ2) is 8.02. The molecule has 0 fully saturated rings. The number of aromatic hydroxyl groups is 1. The molecule has 19 heavy (non-hydrogen) atoms. The first-order chi connectivity index (χ1) is 9.10. The zero-order chi connectivity index (χ0) is 14.3. The Bertz CT molecular complexity index is 378. The van der Waals surface area contributed by atoms with Gasteiger partial charge in [0.1, 0.15) is 11.5 Å². The molecule has 1 rings (SSSR count). The van der Waals surface area contributed by atoms with E-state index in [1.165, 1.54) is 0 Å². The Morgan fingerprint density at radius 1 is 1.32 bits per heavy atom. The average molecular weight is 266 g/mol. The van der Waals surface area contributed by atoms with Crippen molar-refractivity contribution >= 4 is 0 Å². The number of methoxy groups -OCH3 is 1. The highest BCUT2D eigenvalue weighted by Crippen LogP contribution is 2.23. The third-order valence-corrected chi connectivity index (χ3v) is 3.36. The number of hydrogen-bond acceptors (Lipinski definition) is 4. The van der Waals surface area contributed by atoms with E-state index in [9.17, 15) is 5.11 Å². The van der Waals surface area contributed by atoms with E-state index in [1.54, 1.807) is 13.2 Å². The monoisotopic (exact) mass is 266 g/mol. The van der Waals surface area contributed by atoms with E-state index in [2.05, 4.69) is 31.0 Å². The first-order valence-electron chi connectivity index (χ1n) is 6.92. The van der Waals surface area contributed by atoms with Crippen molar-refractivity contribution in [2.75, 3.05) is 26.7 Å². The first kappa shape index (κ1) is 15.8. The predicted molar refractivity (Wildman–Crippen MR) is 78.7 cm³/mol. The van der Waals surface area contributed by atoms with Crippen LogP contribution in [-0.2, 0) is 6.54 Å². The quantitative estimate of drug-likeness (QED) is 0.757. The Labute approximate surface area is 116 Å². The summed E-state index contributed by atoms with van der Waals surface area (Å²) in [4.78, 5) is 2.38. The summed E-state index contributed by atoms with van der Waals surface area (Å²) in [5, 5.41) is 13.3. The van der Waals surface area contributed by atoms with E-state index in [1.807, 2.05) is 12.1 Å². The number of ether oxygens (including phenoxy) is 1. The largest absolute Gasteiger partial charge is 0.507 e. The molecule has 1 aromatic carbocycles. The van der Waals surface area contributed by atoms with Gasteiger partial charge in [-0.25, -0.2) is 0 Å². The maximum absolute atomic E-state index is 9.88. The molecule has 0 aromatic heterocycles. The summed E-state index contributed by atoms with van der Waals surface area (Å²) < 4.78 is 5.07. The van der Waals surface area contributed by atoms with Crippen LogP contribution in [0.1, 0.15) is 26.3 Å². The van der Waals surface area contributed by atoms with Gasteiger partial charge in [-0.05, 0) is 26.1 Å². The number of nitrogens with zero attached hydrogens (tertiary/aromatic N) is 1. The maximum Gasteiger partial charge on any atom is 0.123 e. The number of benzene rings is 1. The van der Waals surface area contributed by atoms with Gasteiger partial charge in [0.15, 0.2) is 0 Å². The lowest BCUT2D eigenvalue weighted by Gasteiger charge is -2.23. The van der Waals surface area contributed by atoms with E-state index in [-0.39, 0.29) is 5.75 Å². The first-order valence-corrected chi connectivity index (χ1v) is 6.92. The van der Waals surface area contributed by atoms with Crippen molar-refractivity contribution in [3.8, 4) is 11.5 Å². The Balaban J connectivity index is 2.47. The van der Waals surface area contributed by atoms with Crippen LogP contribution in [0.5, 0.6) is 11.5 Å². The van der Waals surface area contributed by atoms with Crippen LogP contribution in [0.3, 0.4) is 0 Å². The molecular weight excluding hydrogens is 240 g/mol. The van der Waals surface area contributed by atoms with Crippen LogP contribution in [-0.4, -0.2) is 42.8 Å². The van der Waals surface area contributed by atoms with Gasteiger partial charge in [0, 0.05) is 30.8 Å². The van der Waals surface area contributed by atoms with Crippen LogP contribution in [0.15, 0.2) is 18.2 Å². The number of hydrogen-bond donors (Lipinski definition) is 2. The van der Waals surface area contributed by atoms with Crippen LogP contribution in [0, 0.1) is 0 Å². The molecule has 4 nitrogen and oxygen atoms in total.